The lowest BCUT2D eigenvalue weighted by atomic mass is 10.2. The Labute approximate surface area is 99.0 Å². The molecule has 88 valence electrons. The van der Waals surface area contributed by atoms with Crippen molar-refractivity contribution in [3.63, 3.8) is 0 Å². The molecule has 1 aromatic rings. The first-order valence-electron chi connectivity index (χ1n) is 4.91. The number of hydrogen-bond donors (Lipinski definition) is 2. The van der Waals surface area contributed by atoms with E-state index < -0.39 is 12.0 Å². The molecular weight excluding hydrogens is 230 g/mol. The Hall–Kier alpha value is -1.10. The van der Waals surface area contributed by atoms with Crippen LogP contribution >= 0.6 is 11.6 Å². The van der Waals surface area contributed by atoms with E-state index in [9.17, 15) is 4.79 Å². The minimum Gasteiger partial charge on any atom is -0.460 e. The van der Waals surface area contributed by atoms with Gasteiger partial charge in [0.05, 0.1) is 0 Å². The molecule has 0 amide bonds. The summed E-state index contributed by atoms with van der Waals surface area (Å²) in [5, 5.41) is 9.19. The molecule has 0 aliphatic carbocycles. The van der Waals surface area contributed by atoms with Crippen LogP contribution in [0.15, 0.2) is 24.3 Å². The first-order valence-corrected chi connectivity index (χ1v) is 5.29. The normalized spacial score (nSPS) is 12.2. The van der Waals surface area contributed by atoms with Gasteiger partial charge in [0, 0.05) is 11.6 Å². The van der Waals surface area contributed by atoms with Crippen molar-refractivity contribution in [2.45, 2.75) is 19.1 Å². The number of carbonyl (C=O) groups excluding carboxylic acids is 1. The van der Waals surface area contributed by atoms with Crippen molar-refractivity contribution in [2.75, 3.05) is 6.61 Å². The molecule has 3 N–H and O–H groups in total. The van der Waals surface area contributed by atoms with Gasteiger partial charge in [-0.3, -0.25) is 4.79 Å². The number of halogens is 1. The number of ether oxygens (including phenoxy) is 1. The summed E-state index contributed by atoms with van der Waals surface area (Å²) in [5.41, 5.74) is 6.26. The van der Waals surface area contributed by atoms with E-state index in [1.807, 2.05) is 0 Å². The average molecular weight is 244 g/mol. The van der Waals surface area contributed by atoms with Crippen LogP contribution in [-0.2, 0) is 16.1 Å². The van der Waals surface area contributed by atoms with Crippen LogP contribution in [0.3, 0.4) is 0 Å². The molecule has 16 heavy (non-hydrogen) atoms. The summed E-state index contributed by atoms with van der Waals surface area (Å²) in [4.78, 5) is 11.3. The largest absolute Gasteiger partial charge is 0.460 e. The van der Waals surface area contributed by atoms with Gasteiger partial charge in [-0.25, -0.2) is 0 Å². The van der Waals surface area contributed by atoms with E-state index in [2.05, 4.69) is 0 Å². The third-order valence-electron chi connectivity index (χ3n) is 2.01. The maximum absolute atomic E-state index is 11.3. The molecule has 1 unspecified atom stereocenters. The predicted octanol–water partition coefficient (Wildman–Crippen LogP) is 1.09. The first kappa shape index (κ1) is 13.0. The van der Waals surface area contributed by atoms with Crippen LogP contribution in [0.2, 0.25) is 5.02 Å². The van der Waals surface area contributed by atoms with Gasteiger partial charge in [-0.15, -0.1) is 0 Å². The first-order chi connectivity index (χ1) is 7.63. The molecule has 1 aromatic carbocycles. The topological polar surface area (TPSA) is 72.5 Å². The highest BCUT2D eigenvalue weighted by Crippen LogP contribution is 2.11. The number of nitrogens with two attached hydrogens (primary N) is 1. The van der Waals surface area contributed by atoms with Crippen molar-refractivity contribution in [3.05, 3.63) is 34.9 Å². The summed E-state index contributed by atoms with van der Waals surface area (Å²) >= 11 is 5.77. The van der Waals surface area contributed by atoms with E-state index >= 15 is 0 Å². The van der Waals surface area contributed by atoms with Crippen LogP contribution in [0, 0.1) is 0 Å². The minimum atomic E-state index is -0.774. The fourth-order valence-electron chi connectivity index (χ4n) is 1.15. The van der Waals surface area contributed by atoms with Crippen molar-refractivity contribution in [2.24, 2.45) is 5.73 Å². The fourth-order valence-corrected chi connectivity index (χ4v) is 1.36. The highest BCUT2D eigenvalue weighted by molar-refractivity contribution is 6.30. The van der Waals surface area contributed by atoms with Crippen LogP contribution in [0.1, 0.15) is 12.0 Å². The van der Waals surface area contributed by atoms with Crippen molar-refractivity contribution < 1.29 is 14.6 Å². The molecule has 0 aliphatic rings. The lowest BCUT2D eigenvalue weighted by Gasteiger charge is -2.10. The summed E-state index contributed by atoms with van der Waals surface area (Å²) in [7, 11) is 0. The van der Waals surface area contributed by atoms with Crippen LogP contribution < -0.4 is 5.73 Å². The van der Waals surface area contributed by atoms with E-state index in [-0.39, 0.29) is 19.6 Å². The van der Waals surface area contributed by atoms with Crippen LogP contribution in [0.25, 0.3) is 0 Å². The number of carbonyl (C=O) groups is 1. The highest BCUT2D eigenvalue weighted by atomic mass is 35.5. The molecule has 1 atom stereocenters. The van der Waals surface area contributed by atoms with Crippen LogP contribution in [0.4, 0.5) is 0 Å². The van der Waals surface area contributed by atoms with Gasteiger partial charge in [-0.2, -0.15) is 0 Å². The van der Waals surface area contributed by atoms with Gasteiger partial charge in [-0.1, -0.05) is 23.7 Å². The van der Waals surface area contributed by atoms with Crippen LogP contribution in [0.5, 0.6) is 0 Å². The summed E-state index contributed by atoms with van der Waals surface area (Å²) in [5.74, 6) is -0.519. The number of hydrogen-bond acceptors (Lipinski definition) is 4. The molecule has 5 heteroatoms. The Morgan fingerprint density at radius 1 is 1.56 bits per heavy atom. The molecule has 0 aromatic heterocycles. The summed E-state index contributed by atoms with van der Waals surface area (Å²) in [6.07, 6.45) is 0.203. The Bertz CT molecular complexity index is 357. The van der Waals surface area contributed by atoms with Gasteiger partial charge < -0.3 is 15.6 Å². The van der Waals surface area contributed by atoms with E-state index in [0.29, 0.717) is 5.02 Å². The number of rotatable bonds is 5. The molecule has 0 heterocycles. The average Bonchev–Trinajstić information content (AvgIpc) is 2.26. The van der Waals surface area contributed by atoms with Gasteiger partial charge in [0.1, 0.15) is 12.6 Å². The van der Waals surface area contributed by atoms with Gasteiger partial charge in [0.15, 0.2) is 0 Å². The molecule has 0 radical (unpaired) electrons. The van der Waals surface area contributed by atoms with Gasteiger partial charge in [-0.05, 0) is 24.1 Å². The third kappa shape index (κ3) is 4.18. The second kappa shape index (κ2) is 6.48. The highest BCUT2D eigenvalue weighted by Gasteiger charge is 2.13. The number of aliphatic hydroxyl groups is 1. The van der Waals surface area contributed by atoms with E-state index in [1.165, 1.54) is 0 Å². The zero-order valence-electron chi connectivity index (χ0n) is 8.73. The van der Waals surface area contributed by atoms with Gasteiger partial charge >= 0.3 is 5.97 Å². The quantitative estimate of drug-likeness (QED) is 0.760. The summed E-state index contributed by atoms with van der Waals surface area (Å²) in [6.45, 7) is 0.00591. The number of esters is 1. The second-order valence-electron chi connectivity index (χ2n) is 3.36. The second-order valence-corrected chi connectivity index (χ2v) is 3.79. The summed E-state index contributed by atoms with van der Waals surface area (Å²) < 4.78 is 4.96. The predicted molar refractivity (Wildman–Crippen MR) is 60.9 cm³/mol. The van der Waals surface area contributed by atoms with Gasteiger partial charge in [0.25, 0.3) is 0 Å². The zero-order chi connectivity index (χ0) is 12.0. The lowest BCUT2D eigenvalue weighted by Crippen LogP contribution is -2.33. The van der Waals surface area contributed by atoms with Crippen LogP contribution in [-0.4, -0.2) is 23.7 Å². The molecule has 0 saturated heterocycles. The smallest absolute Gasteiger partial charge is 0.323 e. The molecule has 4 nitrogen and oxygen atoms in total. The molecule has 0 spiro atoms. The van der Waals surface area contributed by atoms with Crippen molar-refractivity contribution in [1.82, 2.24) is 0 Å². The lowest BCUT2D eigenvalue weighted by molar-refractivity contribution is -0.146. The maximum Gasteiger partial charge on any atom is 0.323 e. The Balaban J connectivity index is 2.42. The van der Waals surface area contributed by atoms with E-state index in [0.717, 1.165) is 5.56 Å². The van der Waals surface area contributed by atoms with E-state index in [1.54, 1.807) is 24.3 Å². The Morgan fingerprint density at radius 2 is 2.31 bits per heavy atom. The molecule has 0 aliphatic heterocycles. The maximum atomic E-state index is 11.3. The van der Waals surface area contributed by atoms with Crippen molar-refractivity contribution in [1.29, 1.82) is 0 Å². The molecule has 0 saturated carbocycles. The van der Waals surface area contributed by atoms with Crippen molar-refractivity contribution >= 4 is 17.6 Å². The molecular formula is C11H14ClNO3. The van der Waals surface area contributed by atoms with Gasteiger partial charge in [0.2, 0.25) is 0 Å². The SMILES string of the molecule is NC(CCO)C(=O)OCc1cccc(Cl)c1. The molecule has 0 bridgehead atoms. The van der Waals surface area contributed by atoms with Crippen molar-refractivity contribution in [3.8, 4) is 0 Å². The Kier molecular flexibility index (Phi) is 5.25. The standard InChI is InChI=1S/C11H14ClNO3/c12-9-3-1-2-8(6-9)7-16-11(15)10(13)4-5-14/h1-3,6,10,14H,4-5,7,13H2. The number of benzene rings is 1. The third-order valence-corrected chi connectivity index (χ3v) is 2.25. The Morgan fingerprint density at radius 3 is 2.94 bits per heavy atom. The minimum absolute atomic E-state index is 0.132. The number of aliphatic hydroxyl groups excluding tert-OH is 1. The summed E-state index contributed by atoms with van der Waals surface area (Å²) in [6, 6.07) is 6.26. The fraction of sp³-hybridized carbons (Fsp3) is 0.364. The molecule has 1 rings (SSSR count). The zero-order valence-corrected chi connectivity index (χ0v) is 9.48. The molecule has 0 fully saturated rings. The van der Waals surface area contributed by atoms with E-state index in [4.69, 9.17) is 27.2 Å². The monoisotopic (exact) mass is 243 g/mol.